The van der Waals surface area contributed by atoms with E-state index in [1.807, 2.05) is 55.5 Å². The summed E-state index contributed by atoms with van der Waals surface area (Å²) in [7, 11) is 0. The number of rotatable bonds is 10. The van der Waals surface area contributed by atoms with Crippen molar-refractivity contribution in [3.63, 3.8) is 0 Å². The molecule has 2 N–H and O–H groups in total. The molecule has 0 amide bonds. The lowest BCUT2D eigenvalue weighted by molar-refractivity contribution is -0.153. The van der Waals surface area contributed by atoms with Gasteiger partial charge >= 0.3 is 5.97 Å². The molecule has 0 saturated heterocycles. The molecule has 6 nitrogen and oxygen atoms in total. The number of aliphatic hydroxyl groups is 1. The number of carbonyl (C=O) groups is 1. The normalized spacial score (nSPS) is 13.9. The van der Waals surface area contributed by atoms with Gasteiger partial charge in [-0.15, -0.1) is 11.3 Å². The number of aliphatic carboxylic acids is 1. The lowest BCUT2D eigenvalue weighted by Crippen LogP contribution is -2.43. The van der Waals surface area contributed by atoms with E-state index in [9.17, 15) is 15.0 Å². The van der Waals surface area contributed by atoms with Crippen LogP contribution in [0.25, 0.3) is 11.5 Å². The fourth-order valence-corrected chi connectivity index (χ4v) is 4.86. The topological polar surface area (TPSA) is 92.8 Å². The van der Waals surface area contributed by atoms with E-state index in [4.69, 9.17) is 9.15 Å². The van der Waals surface area contributed by atoms with Crippen LogP contribution in [-0.4, -0.2) is 26.8 Å². The quantitative estimate of drug-likeness (QED) is 0.298. The molecule has 0 aliphatic carbocycles. The lowest BCUT2D eigenvalue weighted by atomic mass is 10.0. The Morgan fingerprint density at radius 2 is 1.76 bits per heavy atom. The van der Waals surface area contributed by atoms with Gasteiger partial charge in [0.15, 0.2) is 0 Å². The van der Waals surface area contributed by atoms with Gasteiger partial charge in [-0.25, -0.2) is 9.78 Å². The molecule has 2 aromatic carbocycles. The van der Waals surface area contributed by atoms with E-state index in [-0.39, 0.29) is 6.42 Å². The monoisotopic (exact) mass is 477 g/mol. The first-order valence-corrected chi connectivity index (χ1v) is 11.9. The van der Waals surface area contributed by atoms with E-state index in [2.05, 4.69) is 4.98 Å². The number of thiophene rings is 1. The average molecular weight is 478 g/mol. The van der Waals surface area contributed by atoms with Gasteiger partial charge in [-0.05, 0) is 63.1 Å². The second-order valence-corrected chi connectivity index (χ2v) is 9.57. The summed E-state index contributed by atoms with van der Waals surface area (Å²) in [5.74, 6) is 0.783. The largest absolute Gasteiger partial charge is 0.478 e. The average Bonchev–Trinajstić information content (AvgIpc) is 3.45. The molecule has 0 bridgehead atoms. The molecule has 0 fully saturated rings. The van der Waals surface area contributed by atoms with Crippen molar-refractivity contribution < 1.29 is 24.2 Å². The molecular weight excluding hydrogens is 450 g/mol. The van der Waals surface area contributed by atoms with E-state index >= 15 is 0 Å². The standard InChI is InChI=1S/C27H27NO5S/c1-18-22(28-25(32-18)19-9-5-3-6-10-19)14-15-23(29)24-16-13-21(34-24)17-27(2,26(30)31)33-20-11-7-4-8-12-20/h3-13,16,23,29H,14-15,17H2,1-2H3,(H,30,31). The number of nitrogens with zero attached hydrogens (tertiary/aromatic N) is 1. The summed E-state index contributed by atoms with van der Waals surface area (Å²) in [6.07, 6.45) is 0.567. The highest BCUT2D eigenvalue weighted by Crippen LogP contribution is 2.31. The molecule has 4 rings (SSSR count). The molecule has 0 saturated carbocycles. The van der Waals surface area contributed by atoms with Gasteiger partial charge in [0.25, 0.3) is 0 Å². The first kappa shape index (κ1) is 23.7. The fourth-order valence-electron chi connectivity index (χ4n) is 3.68. The number of para-hydroxylation sites is 1. The second-order valence-electron chi connectivity index (χ2n) is 8.37. The van der Waals surface area contributed by atoms with Gasteiger partial charge in [-0.3, -0.25) is 0 Å². The summed E-state index contributed by atoms with van der Waals surface area (Å²) in [5, 5.41) is 20.6. The summed E-state index contributed by atoms with van der Waals surface area (Å²) >= 11 is 1.40. The van der Waals surface area contributed by atoms with Crippen molar-refractivity contribution in [1.29, 1.82) is 0 Å². The van der Waals surface area contributed by atoms with E-state index < -0.39 is 17.7 Å². The van der Waals surface area contributed by atoms with Crippen molar-refractivity contribution >= 4 is 17.3 Å². The molecule has 176 valence electrons. The number of carboxylic acids is 1. The molecule has 7 heteroatoms. The zero-order chi connectivity index (χ0) is 24.1. The maximum Gasteiger partial charge on any atom is 0.348 e. The SMILES string of the molecule is Cc1oc(-c2ccccc2)nc1CCC(O)c1ccc(CC(C)(Oc2ccccc2)C(=O)O)s1. The van der Waals surface area contributed by atoms with Crippen molar-refractivity contribution in [1.82, 2.24) is 4.98 Å². The Labute approximate surface area is 202 Å². The van der Waals surface area contributed by atoms with Crippen LogP contribution in [0.5, 0.6) is 5.75 Å². The van der Waals surface area contributed by atoms with Crippen molar-refractivity contribution in [3.8, 4) is 17.2 Å². The Morgan fingerprint density at radius 3 is 2.44 bits per heavy atom. The smallest absolute Gasteiger partial charge is 0.348 e. The third kappa shape index (κ3) is 5.55. The molecule has 2 aromatic heterocycles. The molecule has 2 unspecified atom stereocenters. The van der Waals surface area contributed by atoms with Crippen LogP contribution in [0.1, 0.15) is 40.7 Å². The van der Waals surface area contributed by atoms with Crippen LogP contribution in [0, 0.1) is 6.92 Å². The van der Waals surface area contributed by atoms with Gasteiger partial charge in [-0.2, -0.15) is 0 Å². The van der Waals surface area contributed by atoms with Crippen molar-refractivity contribution in [2.45, 2.75) is 44.8 Å². The molecule has 0 spiro atoms. The summed E-state index contributed by atoms with van der Waals surface area (Å²) in [6, 6.07) is 22.3. The summed E-state index contributed by atoms with van der Waals surface area (Å²) in [5.41, 5.74) is 0.323. The molecule has 2 heterocycles. The summed E-state index contributed by atoms with van der Waals surface area (Å²) in [6.45, 7) is 3.44. The molecule has 0 aliphatic rings. The predicted octanol–water partition coefficient (Wildman–Crippen LogP) is 5.84. The Balaban J connectivity index is 1.40. The number of hydrogen-bond acceptors (Lipinski definition) is 6. The number of aromatic nitrogens is 1. The number of aliphatic hydroxyl groups excluding tert-OH is 1. The van der Waals surface area contributed by atoms with Gasteiger partial charge in [0.05, 0.1) is 11.8 Å². The number of ether oxygens (including phenoxy) is 1. The van der Waals surface area contributed by atoms with Gasteiger partial charge in [0.1, 0.15) is 11.5 Å². The van der Waals surface area contributed by atoms with Crippen molar-refractivity contribution in [3.05, 3.63) is 94.0 Å². The zero-order valence-corrected chi connectivity index (χ0v) is 19.9. The number of hydrogen-bond donors (Lipinski definition) is 2. The highest BCUT2D eigenvalue weighted by molar-refractivity contribution is 7.12. The van der Waals surface area contributed by atoms with E-state index in [0.717, 1.165) is 26.8 Å². The van der Waals surface area contributed by atoms with Gasteiger partial charge < -0.3 is 19.4 Å². The maximum atomic E-state index is 12.0. The maximum absolute atomic E-state index is 12.0. The third-order valence-electron chi connectivity index (χ3n) is 5.63. The van der Waals surface area contributed by atoms with Crippen LogP contribution in [0.2, 0.25) is 0 Å². The number of benzene rings is 2. The lowest BCUT2D eigenvalue weighted by Gasteiger charge is -2.26. The predicted molar refractivity (Wildman–Crippen MR) is 131 cm³/mol. The van der Waals surface area contributed by atoms with Gasteiger partial charge in [0, 0.05) is 21.7 Å². The highest BCUT2D eigenvalue weighted by Gasteiger charge is 2.36. The Kier molecular flexibility index (Phi) is 7.14. The van der Waals surface area contributed by atoms with E-state index in [1.165, 1.54) is 11.3 Å². The van der Waals surface area contributed by atoms with E-state index in [1.54, 1.807) is 31.2 Å². The highest BCUT2D eigenvalue weighted by atomic mass is 32.1. The van der Waals surface area contributed by atoms with Crippen LogP contribution in [0.3, 0.4) is 0 Å². The van der Waals surface area contributed by atoms with Gasteiger partial charge in [0.2, 0.25) is 11.5 Å². The van der Waals surface area contributed by atoms with Crippen LogP contribution in [0.4, 0.5) is 0 Å². The van der Waals surface area contributed by atoms with Gasteiger partial charge in [-0.1, -0.05) is 36.4 Å². The number of aryl methyl sites for hydroxylation is 2. The van der Waals surface area contributed by atoms with Crippen LogP contribution in [0.15, 0.2) is 77.2 Å². The van der Waals surface area contributed by atoms with Crippen molar-refractivity contribution in [2.24, 2.45) is 0 Å². The summed E-state index contributed by atoms with van der Waals surface area (Å²) in [4.78, 5) is 18.2. The minimum absolute atomic E-state index is 0.192. The second kappa shape index (κ2) is 10.2. The molecule has 34 heavy (non-hydrogen) atoms. The zero-order valence-electron chi connectivity index (χ0n) is 19.1. The van der Waals surface area contributed by atoms with Crippen LogP contribution in [-0.2, 0) is 17.6 Å². The Bertz CT molecular complexity index is 1230. The first-order valence-electron chi connectivity index (χ1n) is 11.1. The number of carboxylic acid groups (broad SMARTS) is 1. The summed E-state index contributed by atoms with van der Waals surface area (Å²) < 4.78 is 11.6. The minimum atomic E-state index is -1.42. The fraction of sp³-hybridized carbons (Fsp3) is 0.259. The Hall–Kier alpha value is -3.42. The number of oxazole rings is 1. The van der Waals surface area contributed by atoms with E-state index in [0.29, 0.717) is 24.5 Å². The molecule has 0 radical (unpaired) electrons. The third-order valence-corrected chi connectivity index (χ3v) is 6.82. The van der Waals surface area contributed by atoms with Crippen LogP contribution >= 0.6 is 11.3 Å². The molecule has 4 aromatic rings. The van der Waals surface area contributed by atoms with Crippen LogP contribution < -0.4 is 4.74 Å². The molecule has 2 atom stereocenters. The van der Waals surface area contributed by atoms with Crippen molar-refractivity contribution in [2.75, 3.05) is 0 Å². The first-order chi connectivity index (χ1) is 16.3. The molecule has 0 aliphatic heterocycles. The Morgan fingerprint density at radius 1 is 1.09 bits per heavy atom. The molecular formula is C27H27NO5S. The minimum Gasteiger partial charge on any atom is -0.478 e.